The van der Waals surface area contributed by atoms with Crippen molar-refractivity contribution in [3.05, 3.63) is 0 Å². The van der Waals surface area contributed by atoms with Gasteiger partial charge in [-0.2, -0.15) is 0 Å². The fourth-order valence-electron chi connectivity index (χ4n) is 1.21. The summed E-state index contributed by atoms with van der Waals surface area (Å²) in [6.45, 7) is 0. The highest BCUT2D eigenvalue weighted by Gasteiger charge is 2.47. The van der Waals surface area contributed by atoms with Gasteiger partial charge in [0.2, 0.25) is 0 Å². The minimum atomic E-state index is -1.64. The fraction of sp³-hybridized carbons (Fsp3) is 1.00. The summed E-state index contributed by atoms with van der Waals surface area (Å²) in [5.74, 6) is 0. The molecule has 6 nitrogen and oxygen atoms in total. The Bertz CT molecular complexity index is 104. The standard InChI is InChI=1S/C6H12O6/c7-1-2(8)4(10)6(12)5(11)3(1)9/h1-12H/t1-,2-,3-,4-,5-,6+. The van der Waals surface area contributed by atoms with Crippen molar-refractivity contribution in [2.75, 3.05) is 0 Å². The maximum absolute atomic E-state index is 8.97. The van der Waals surface area contributed by atoms with Gasteiger partial charge in [-0.1, -0.05) is 0 Å². The van der Waals surface area contributed by atoms with Crippen LogP contribution in [0.25, 0.3) is 0 Å². The molecule has 0 heterocycles. The first-order chi connectivity index (χ1) is 5.46. The summed E-state index contributed by atoms with van der Waals surface area (Å²) < 4.78 is 0. The smallest absolute Gasteiger partial charge is 0.111 e. The Morgan fingerprint density at radius 3 is 0.500 bits per heavy atom. The lowest BCUT2D eigenvalue weighted by Crippen LogP contribution is -2.63. The zero-order chi connectivity index (χ0) is 9.46. The molecule has 1 aliphatic carbocycles. The van der Waals surface area contributed by atoms with Crippen molar-refractivity contribution < 1.29 is 30.6 Å². The van der Waals surface area contributed by atoms with Gasteiger partial charge in [0.1, 0.15) is 36.6 Å². The molecule has 1 aliphatic rings. The Morgan fingerprint density at radius 2 is 0.417 bits per heavy atom. The van der Waals surface area contributed by atoms with Crippen LogP contribution in [0.4, 0.5) is 0 Å². The van der Waals surface area contributed by atoms with Gasteiger partial charge < -0.3 is 30.6 Å². The molecular formula is C6H12O6. The third kappa shape index (κ3) is 1.33. The van der Waals surface area contributed by atoms with Crippen molar-refractivity contribution in [2.24, 2.45) is 0 Å². The SMILES string of the molecule is O[C@H]1[C@H](O)[C@H](O)[C@@H](O)[C@@H](O)[C@H]1O. The molecule has 72 valence electrons. The van der Waals surface area contributed by atoms with E-state index >= 15 is 0 Å². The van der Waals surface area contributed by atoms with E-state index in [4.69, 9.17) is 30.6 Å². The van der Waals surface area contributed by atoms with Crippen molar-refractivity contribution in [1.29, 1.82) is 0 Å². The second-order valence-corrected chi connectivity index (χ2v) is 2.94. The van der Waals surface area contributed by atoms with E-state index in [-0.39, 0.29) is 0 Å². The number of aliphatic hydroxyl groups is 6. The molecule has 0 atom stereocenters. The molecule has 0 amide bonds. The van der Waals surface area contributed by atoms with Crippen molar-refractivity contribution in [2.45, 2.75) is 36.6 Å². The van der Waals surface area contributed by atoms with Crippen LogP contribution in [-0.2, 0) is 0 Å². The van der Waals surface area contributed by atoms with Crippen molar-refractivity contribution >= 4 is 0 Å². The van der Waals surface area contributed by atoms with Crippen LogP contribution in [-0.4, -0.2) is 67.3 Å². The number of rotatable bonds is 0. The van der Waals surface area contributed by atoms with E-state index in [1.165, 1.54) is 0 Å². The molecule has 0 aromatic carbocycles. The fourth-order valence-corrected chi connectivity index (χ4v) is 1.21. The van der Waals surface area contributed by atoms with Gasteiger partial charge in [0.05, 0.1) is 0 Å². The van der Waals surface area contributed by atoms with E-state index in [0.29, 0.717) is 0 Å². The van der Waals surface area contributed by atoms with Gasteiger partial charge in [-0.15, -0.1) is 0 Å². The van der Waals surface area contributed by atoms with Gasteiger partial charge in [0, 0.05) is 0 Å². The summed E-state index contributed by atoms with van der Waals surface area (Å²) in [4.78, 5) is 0. The Morgan fingerprint density at radius 1 is 0.333 bits per heavy atom. The zero-order valence-corrected chi connectivity index (χ0v) is 6.15. The maximum atomic E-state index is 8.97. The summed E-state index contributed by atoms with van der Waals surface area (Å²) in [5, 5.41) is 53.8. The van der Waals surface area contributed by atoms with Crippen molar-refractivity contribution in [3.8, 4) is 0 Å². The molecule has 12 heavy (non-hydrogen) atoms. The Kier molecular flexibility index (Phi) is 2.67. The normalized spacial score (nSPS) is 55.5. The zero-order valence-electron chi connectivity index (χ0n) is 6.15. The van der Waals surface area contributed by atoms with Crippen molar-refractivity contribution in [3.63, 3.8) is 0 Å². The first-order valence-electron chi connectivity index (χ1n) is 3.55. The molecule has 6 N–H and O–H groups in total. The highest BCUT2D eigenvalue weighted by Crippen LogP contribution is 2.20. The molecule has 0 aromatic rings. The molecule has 1 fully saturated rings. The van der Waals surface area contributed by atoms with Crippen LogP contribution in [0, 0.1) is 0 Å². The average Bonchev–Trinajstić information content (AvgIpc) is 2.08. The number of hydrogen-bond donors (Lipinski definition) is 6. The van der Waals surface area contributed by atoms with E-state index < -0.39 is 36.6 Å². The molecule has 0 spiro atoms. The predicted molar refractivity (Wildman–Crippen MR) is 36.0 cm³/mol. The minimum absolute atomic E-state index is 1.64. The molecule has 0 aromatic heterocycles. The molecule has 1 saturated carbocycles. The van der Waals surface area contributed by atoms with Gasteiger partial charge in [-0.05, 0) is 0 Å². The monoisotopic (exact) mass is 180 g/mol. The van der Waals surface area contributed by atoms with E-state index in [1.54, 1.807) is 0 Å². The first kappa shape index (κ1) is 9.85. The van der Waals surface area contributed by atoms with Crippen LogP contribution >= 0.6 is 0 Å². The van der Waals surface area contributed by atoms with Crippen LogP contribution < -0.4 is 0 Å². The lowest BCUT2D eigenvalue weighted by molar-refractivity contribution is -0.223. The summed E-state index contributed by atoms with van der Waals surface area (Å²) in [6, 6.07) is 0. The minimum Gasteiger partial charge on any atom is -0.387 e. The summed E-state index contributed by atoms with van der Waals surface area (Å²) in [6.07, 6.45) is -9.84. The van der Waals surface area contributed by atoms with Gasteiger partial charge >= 0.3 is 0 Å². The summed E-state index contributed by atoms with van der Waals surface area (Å²) >= 11 is 0. The van der Waals surface area contributed by atoms with E-state index in [9.17, 15) is 0 Å². The van der Waals surface area contributed by atoms with E-state index in [1.807, 2.05) is 0 Å². The summed E-state index contributed by atoms with van der Waals surface area (Å²) in [5.41, 5.74) is 0. The lowest BCUT2D eigenvalue weighted by atomic mass is 9.85. The largest absolute Gasteiger partial charge is 0.387 e. The van der Waals surface area contributed by atoms with Gasteiger partial charge in [-0.25, -0.2) is 0 Å². The van der Waals surface area contributed by atoms with Crippen LogP contribution in [0.3, 0.4) is 0 Å². The second kappa shape index (κ2) is 3.25. The molecular weight excluding hydrogens is 168 g/mol. The van der Waals surface area contributed by atoms with E-state index in [0.717, 1.165) is 0 Å². The summed E-state index contributed by atoms with van der Waals surface area (Å²) in [7, 11) is 0. The first-order valence-corrected chi connectivity index (χ1v) is 3.55. The Labute approximate surface area is 68.3 Å². The topological polar surface area (TPSA) is 121 Å². The molecule has 0 bridgehead atoms. The van der Waals surface area contributed by atoms with Crippen molar-refractivity contribution in [1.82, 2.24) is 0 Å². The quantitative estimate of drug-likeness (QED) is 0.227. The molecule has 0 saturated heterocycles. The van der Waals surface area contributed by atoms with Crippen LogP contribution in [0.1, 0.15) is 0 Å². The van der Waals surface area contributed by atoms with Gasteiger partial charge in [0.25, 0.3) is 0 Å². The maximum Gasteiger partial charge on any atom is 0.111 e. The van der Waals surface area contributed by atoms with Gasteiger partial charge in [0.15, 0.2) is 0 Å². The predicted octanol–water partition coefficient (Wildman–Crippen LogP) is -3.83. The molecule has 6 heteroatoms. The Balaban J connectivity index is 2.76. The van der Waals surface area contributed by atoms with Crippen LogP contribution in [0.5, 0.6) is 0 Å². The number of aliphatic hydroxyl groups excluding tert-OH is 6. The third-order valence-corrected chi connectivity index (χ3v) is 2.10. The third-order valence-electron chi connectivity index (χ3n) is 2.10. The van der Waals surface area contributed by atoms with E-state index in [2.05, 4.69) is 0 Å². The highest BCUT2D eigenvalue weighted by molar-refractivity contribution is 4.98. The molecule has 1 rings (SSSR count). The van der Waals surface area contributed by atoms with Crippen LogP contribution in [0.15, 0.2) is 0 Å². The van der Waals surface area contributed by atoms with Gasteiger partial charge in [-0.3, -0.25) is 0 Å². The molecule has 0 unspecified atom stereocenters. The lowest BCUT2D eigenvalue weighted by Gasteiger charge is -2.39. The molecule has 0 radical (unpaired) electrons. The average molecular weight is 180 g/mol. The highest BCUT2D eigenvalue weighted by atomic mass is 16.4. The molecule has 0 aliphatic heterocycles. The second-order valence-electron chi connectivity index (χ2n) is 2.94. The number of hydrogen-bond acceptors (Lipinski definition) is 6. The van der Waals surface area contributed by atoms with Crippen LogP contribution in [0.2, 0.25) is 0 Å². The Hall–Kier alpha value is -0.240.